The van der Waals surface area contributed by atoms with Crippen molar-refractivity contribution in [2.45, 2.75) is 33.0 Å². The van der Waals surface area contributed by atoms with Crippen molar-refractivity contribution in [2.75, 3.05) is 20.3 Å². The van der Waals surface area contributed by atoms with Crippen molar-refractivity contribution in [3.63, 3.8) is 0 Å². The SMILES string of the molecule is COC(=O)CCNC(=O)[C@@H]1OP(=O)(OCc2ccccc2)OCC1(C)C. The maximum Gasteiger partial charge on any atom is 0.475 e. The number of nitrogens with one attached hydrogen (secondary N) is 1. The normalized spacial score (nSPS) is 24.7. The molecule has 0 aromatic heterocycles. The van der Waals surface area contributed by atoms with Gasteiger partial charge in [-0.3, -0.25) is 23.2 Å². The van der Waals surface area contributed by atoms with Crippen LogP contribution in [0.1, 0.15) is 25.8 Å². The Bertz CT molecular complexity index is 677. The molecule has 1 unspecified atom stereocenters. The van der Waals surface area contributed by atoms with Gasteiger partial charge in [-0.2, -0.15) is 0 Å². The molecule has 0 saturated carbocycles. The van der Waals surface area contributed by atoms with Crippen molar-refractivity contribution >= 4 is 19.7 Å². The molecule has 1 heterocycles. The van der Waals surface area contributed by atoms with E-state index < -0.39 is 31.2 Å². The van der Waals surface area contributed by atoms with E-state index in [2.05, 4.69) is 10.1 Å². The third kappa shape index (κ3) is 5.64. The van der Waals surface area contributed by atoms with Gasteiger partial charge in [0.2, 0.25) is 5.91 Å². The van der Waals surface area contributed by atoms with Gasteiger partial charge in [0.05, 0.1) is 26.7 Å². The number of amides is 1. The van der Waals surface area contributed by atoms with Gasteiger partial charge in [-0.25, -0.2) is 4.57 Å². The summed E-state index contributed by atoms with van der Waals surface area (Å²) in [6.07, 6.45) is -0.996. The van der Waals surface area contributed by atoms with Gasteiger partial charge in [0, 0.05) is 12.0 Å². The second kappa shape index (κ2) is 8.77. The lowest BCUT2D eigenvalue weighted by molar-refractivity contribution is -0.143. The summed E-state index contributed by atoms with van der Waals surface area (Å²) in [7, 11) is -2.61. The monoisotopic (exact) mass is 385 g/mol. The van der Waals surface area contributed by atoms with E-state index in [0.717, 1.165) is 5.56 Å². The van der Waals surface area contributed by atoms with Crippen molar-refractivity contribution in [3.05, 3.63) is 35.9 Å². The molecular formula is C17H24NO7P. The molecule has 0 spiro atoms. The molecule has 1 N–H and O–H groups in total. The van der Waals surface area contributed by atoms with E-state index in [4.69, 9.17) is 13.6 Å². The van der Waals surface area contributed by atoms with Crippen LogP contribution >= 0.6 is 7.82 Å². The van der Waals surface area contributed by atoms with Crippen LogP contribution in [0.4, 0.5) is 0 Å². The number of carbonyl (C=O) groups excluding carboxylic acids is 2. The molecule has 1 saturated heterocycles. The summed E-state index contributed by atoms with van der Waals surface area (Å²) in [4.78, 5) is 23.6. The van der Waals surface area contributed by atoms with E-state index in [-0.39, 0.29) is 26.2 Å². The van der Waals surface area contributed by atoms with Crippen LogP contribution in [0, 0.1) is 5.41 Å². The van der Waals surface area contributed by atoms with Crippen LogP contribution in [0.25, 0.3) is 0 Å². The first-order chi connectivity index (χ1) is 12.3. The standard InChI is InChI=1S/C17H24NO7P/c1-17(2)12-24-26(21,23-11-13-7-5-4-6-8-13)25-15(17)16(20)18-10-9-14(19)22-3/h4-8,15H,9-12H2,1-3H3,(H,18,20)/t15-,26?/m0/s1. The van der Waals surface area contributed by atoms with Crippen LogP contribution in [0.2, 0.25) is 0 Å². The minimum absolute atomic E-state index is 0.0358. The summed E-state index contributed by atoms with van der Waals surface area (Å²) in [6, 6.07) is 9.15. The lowest BCUT2D eigenvalue weighted by atomic mass is 9.87. The molecule has 1 fully saturated rings. The van der Waals surface area contributed by atoms with Crippen LogP contribution in [-0.4, -0.2) is 38.2 Å². The van der Waals surface area contributed by atoms with Crippen molar-refractivity contribution in [1.29, 1.82) is 0 Å². The first kappa shape index (κ1) is 20.6. The number of hydrogen-bond donors (Lipinski definition) is 1. The van der Waals surface area contributed by atoms with Crippen LogP contribution in [0.3, 0.4) is 0 Å². The van der Waals surface area contributed by atoms with Gasteiger partial charge >= 0.3 is 13.8 Å². The van der Waals surface area contributed by atoms with Crippen molar-refractivity contribution in [1.82, 2.24) is 5.32 Å². The maximum atomic E-state index is 12.7. The minimum Gasteiger partial charge on any atom is -0.469 e. The fraction of sp³-hybridized carbons (Fsp3) is 0.529. The number of hydrogen-bond acceptors (Lipinski definition) is 7. The summed E-state index contributed by atoms with van der Waals surface area (Å²) in [6.45, 7) is 3.69. The predicted octanol–water partition coefficient (Wildman–Crippen LogP) is 2.43. The number of ether oxygens (including phenoxy) is 1. The number of rotatable bonds is 7. The zero-order valence-electron chi connectivity index (χ0n) is 15.1. The van der Waals surface area contributed by atoms with E-state index in [0.29, 0.717) is 0 Å². The highest BCUT2D eigenvalue weighted by Crippen LogP contribution is 2.57. The van der Waals surface area contributed by atoms with Gasteiger partial charge in [-0.15, -0.1) is 0 Å². The Kier molecular flexibility index (Phi) is 6.94. The lowest BCUT2D eigenvalue weighted by Crippen LogP contribution is -2.49. The highest BCUT2D eigenvalue weighted by molar-refractivity contribution is 7.48. The summed E-state index contributed by atoms with van der Waals surface area (Å²) < 4.78 is 33.3. The van der Waals surface area contributed by atoms with Crippen LogP contribution in [0.5, 0.6) is 0 Å². The second-order valence-corrected chi connectivity index (χ2v) is 8.19. The maximum absolute atomic E-state index is 12.7. The van der Waals surface area contributed by atoms with E-state index in [9.17, 15) is 14.2 Å². The Hall–Kier alpha value is -1.73. The molecule has 2 atom stereocenters. The van der Waals surface area contributed by atoms with Crippen molar-refractivity contribution in [3.8, 4) is 0 Å². The topological polar surface area (TPSA) is 100 Å². The molecule has 9 heteroatoms. The van der Waals surface area contributed by atoms with Gasteiger partial charge in [-0.05, 0) is 5.56 Å². The van der Waals surface area contributed by atoms with Crippen LogP contribution in [-0.2, 0) is 39.1 Å². The Labute approximate surface area is 152 Å². The minimum atomic E-state index is -3.88. The molecule has 0 aliphatic carbocycles. The van der Waals surface area contributed by atoms with Gasteiger partial charge in [-0.1, -0.05) is 44.2 Å². The average molecular weight is 385 g/mol. The number of benzene rings is 1. The third-order valence-electron chi connectivity index (χ3n) is 3.87. The quantitative estimate of drug-likeness (QED) is 0.568. The lowest BCUT2D eigenvalue weighted by Gasteiger charge is -2.39. The molecule has 144 valence electrons. The molecule has 1 aliphatic heterocycles. The summed E-state index contributed by atoms with van der Waals surface area (Å²) in [5.74, 6) is -0.917. The van der Waals surface area contributed by atoms with Crippen molar-refractivity contribution in [2.24, 2.45) is 5.41 Å². The summed E-state index contributed by atoms with van der Waals surface area (Å²) in [5, 5.41) is 2.59. The fourth-order valence-corrected chi connectivity index (χ4v) is 3.94. The van der Waals surface area contributed by atoms with Crippen LogP contribution < -0.4 is 5.32 Å². The third-order valence-corrected chi connectivity index (χ3v) is 5.22. The molecule has 1 aliphatic rings. The highest BCUT2D eigenvalue weighted by atomic mass is 31.2. The Morgan fingerprint density at radius 2 is 2.00 bits per heavy atom. The zero-order chi connectivity index (χ0) is 19.2. The average Bonchev–Trinajstić information content (AvgIpc) is 2.63. The first-order valence-electron chi connectivity index (χ1n) is 8.22. The Balaban J connectivity index is 1.97. The van der Waals surface area contributed by atoms with Gasteiger partial charge in [0.25, 0.3) is 0 Å². The summed E-state index contributed by atoms with van der Waals surface area (Å²) >= 11 is 0. The fourth-order valence-electron chi connectivity index (χ4n) is 2.30. The molecule has 1 aromatic carbocycles. The summed E-state index contributed by atoms with van der Waals surface area (Å²) in [5.41, 5.74) is 0.0955. The Morgan fingerprint density at radius 3 is 2.65 bits per heavy atom. The van der Waals surface area contributed by atoms with E-state index in [1.54, 1.807) is 13.8 Å². The molecule has 1 aromatic rings. The van der Waals surface area contributed by atoms with E-state index in [1.807, 2.05) is 30.3 Å². The molecule has 0 bridgehead atoms. The van der Waals surface area contributed by atoms with Crippen molar-refractivity contribution < 1.29 is 32.5 Å². The molecular weight excluding hydrogens is 361 g/mol. The number of methoxy groups -OCH3 is 1. The molecule has 8 nitrogen and oxygen atoms in total. The Morgan fingerprint density at radius 1 is 1.31 bits per heavy atom. The zero-order valence-corrected chi connectivity index (χ0v) is 16.0. The number of phosphoric acid groups is 1. The number of carbonyl (C=O) groups is 2. The predicted molar refractivity (Wildman–Crippen MR) is 93.1 cm³/mol. The van der Waals surface area contributed by atoms with Gasteiger partial charge in [0.1, 0.15) is 0 Å². The first-order valence-corrected chi connectivity index (χ1v) is 9.68. The molecule has 26 heavy (non-hydrogen) atoms. The van der Waals surface area contributed by atoms with Crippen LogP contribution in [0.15, 0.2) is 30.3 Å². The number of phosphoric ester groups is 1. The number of esters is 1. The second-order valence-electron chi connectivity index (χ2n) is 6.57. The molecule has 1 amide bonds. The smallest absolute Gasteiger partial charge is 0.469 e. The largest absolute Gasteiger partial charge is 0.475 e. The molecule has 2 rings (SSSR count). The van der Waals surface area contributed by atoms with Gasteiger partial charge in [0.15, 0.2) is 6.10 Å². The van der Waals surface area contributed by atoms with E-state index >= 15 is 0 Å². The van der Waals surface area contributed by atoms with Gasteiger partial charge < -0.3 is 10.1 Å². The van der Waals surface area contributed by atoms with E-state index in [1.165, 1.54) is 7.11 Å². The highest BCUT2D eigenvalue weighted by Gasteiger charge is 2.49. The molecule has 0 radical (unpaired) electrons.